The Morgan fingerprint density at radius 1 is 0.651 bits per heavy atom. The highest BCUT2D eigenvalue weighted by Crippen LogP contribution is 2.33. The van der Waals surface area contributed by atoms with Gasteiger partial charge >= 0.3 is 0 Å². The second-order valence-corrected chi connectivity index (χ2v) is 14.4. The number of hydrogen-bond acceptors (Lipinski definition) is 6. The highest BCUT2D eigenvalue weighted by Gasteiger charge is 2.23. The molecular formula is C37H60N4O2. The Balaban J connectivity index is 2.29. The lowest BCUT2D eigenvalue weighted by Crippen LogP contribution is -2.36. The minimum Gasteiger partial charge on any atom is -0.507 e. The van der Waals surface area contributed by atoms with Crippen LogP contribution >= 0.6 is 0 Å². The molecule has 2 N–H and O–H groups in total. The fourth-order valence-corrected chi connectivity index (χ4v) is 5.08. The maximum atomic E-state index is 11.2. The number of phenolic OH excluding ortho intramolecular Hbond substituents is 2. The Morgan fingerprint density at radius 2 is 1.00 bits per heavy atom. The zero-order chi connectivity index (χ0) is 32.5. The average Bonchev–Trinajstić information content (AvgIpc) is 2.90. The van der Waals surface area contributed by atoms with E-state index < -0.39 is 0 Å². The summed E-state index contributed by atoms with van der Waals surface area (Å²) in [5, 5.41) is 22.4. The number of hydrogen-bond donors (Lipinski definition) is 2. The van der Waals surface area contributed by atoms with Gasteiger partial charge in [0.25, 0.3) is 0 Å². The normalized spacial score (nSPS) is 13.2. The molecule has 0 amide bonds. The molecule has 0 unspecified atom stereocenters. The van der Waals surface area contributed by atoms with Gasteiger partial charge in [0.05, 0.1) is 0 Å². The van der Waals surface area contributed by atoms with E-state index in [1.165, 1.54) is 11.1 Å². The van der Waals surface area contributed by atoms with Crippen molar-refractivity contribution in [3.05, 3.63) is 57.6 Å². The van der Waals surface area contributed by atoms with Gasteiger partial charge in [0.1, 0.15) is 11.5 Å². The first-order chi connectivity index (χ1) is 20.0. The lowest BCUT2D eigenvalue weighted by molar-refractivity contribution is 0.167. The smallest absolute Gasteiger partial charge is 0.128 e. The van der Waals surface area contributed by atoms with Crippen LogP contribution < -0.4 is 0 Å². The van der Waals surface area contributed by atoms with Crippen LogP contribution in [0.25, 0.3) is 0 Å². The summed E-state index contributed by atoms with van der Waals surface area (Å²) in [5.41, 5.74) is 5.82. The SMILES string of the molecule is CCN=Cc1cc(C(C)(C)C)cc(CN(CCCN(Cc2cc(C(C)(C)C)cc(C=NCC)c2O)C(C)C)C(C)C)c1O. The largest absolute Gasteiger partial charge is 0.507 e. The van der Waals surface area contributed by atoms with Gasteiger partial charge in [-0.1, -0.05) is 53.7 Å². The zero-order valence-electron chi connectivity index (χ0n) is 29.3. The number of phenols is 2. The van der Waals surface area contributed by atoms with Gasteiger partial charge in [0, 0.05) is 72.9 Å². The third kappa shape index (κ3) is 10.8. The van der Waals surface area contributed by atoms with Gasteiger partial charge in [-0.15, -0.1) is 0 Å². The number of aromatic hydroxyl groups is 2. The Labute approximate surface area is 263 Å². The molecule has 0 aliphatic rings. The van der Waals surface area contributed by atoms with E-state index in [1.807, 2.05) is 13.8 Å². The second-order valence-electron chi connectivity index (χ2n) is 14.4. The Bertz CT molecular complexity index is 1140. The molecule has 6 heteroatoms. The molecule has 6 nitrogen and oxygen atoms in total. The van der Waals surface area contributed by atoms with Crippen molar-refractivity contribution >= 4 is 12.4 Å². The van der Waals surface area contributed by atoms with Crippen molar-refractivity contribution in [1.82, 2.24) is 9.80 Å². The van der Waals surface area contributed by atoms with Gasteiger partial charge in [-0.3, -0.25) is 19.8 Å². The van der Waals surface area contributed by atoms with E-state index in [0.29, 0.717) is 49.8 Å². The zero-order valence-corrected chi connectivity index (χ0v) is 29.3. The van der Waals surface area contributed by atoms with E-state index in [1.54, 1.807) is 12.4 Å². The fraction of sp³-hybridized carbons (Fsp3) is 0.622. The van der Waals surface area contributed by atoms with Crippen molar-refractivity contribution in [3.8, 4) is 11.5 Å². The Kier molecular flexibility index (Phi) is 13.5. The predicted octanol–water partition coefficient (Wildman–Crippen LogP) is 8.08. The molecule has 0 aliphatic heterocycles. The first-order valence-electron chi connectivity index (χ1n) is 16.2. The van der Waals surface area contributed by atoms with Crippen LogP contribution in [0, 0.1) is 0 Å². The predicted molar refractivity (Wildman–Crippen MR) is 186 cm³/mol. The third-order valence-corrected chi connectivity index (χ3v) is 8.09. The molecule has 0 saturated heterocycles. The summed E-state index contributed by atoms with van der Waals surface area (Å²) >= 11 is 0. The maximum absolute atomic E-state index is 11.2. The number of aliphatic imine (C=N–C) groups is 2. The molecular weight excluding hydrogens is 532 g/mol. The molecule has 240 valence electrons. The van der Waals surface area contributed by atoms with Crippen LogP contribution in [0.4, 0.5) is 0 Å². The molecule has 0 heterocycles. The summed E-state index contributed by atoms with van der Waals surface area (Å²) in [6.07, 6.45) is 4.58. The summed E-state index contributed by atoms with van der Waals surface area (Å²) < 4.78 is 0. The number of rotatable bonds is 14. The van der Waals surface area contributed by atoms with Gasteiger partial charge in [-0.25, -0.2) is 0 Å². The van der Waals surface area contributed by atoms with E-state index >= 15 is 0 Å². The number of nitrogens with zero attached hydrogens (tertiary/aromatic N) is 4. The van der Waals surface area contributed by atoms with Gasteiger partial charge in [0.15, 0.2) is 0 Å². The quantitative estimate of drug-likeness (QED) is 0.218. The summed E-state index contributed by atoms with van der Waals surface area (Å²) in [6, 6.07) is 9.12. The molecule has 0 atom stereocenters. The van der Waals surface area contributed by atoms with Crippen molar-refractivity contribution in [2.45, 2.75) is 126 Å². The molecule has 0 radical (unpaired) electrons. The van der Waals surface area contributed by atoms with Gasteiger partial charge in [-0.05, 0) is 95.1 Å². The topological polar surface area (TPSA) is 71.7 Å². The van der Waals surface area contributed by atoms with E-state index in [0.717, 1.165) is 41.8 Å². The van der Waals surface area contributed by atoms with Crippen LogP contribution in [0.5, 0.6) is 11.5 Å². The molecule has 0 bridgehead atoms. The van der Waals surface area contributed by atoms with Crippen molar-refractivity contribution < 1.29 is 10.2 Å². The standard InChI is InChI=1S/C37H60N4O2/c1-13-38-22-28-18-32(36(7,8)9)20-30(34(28)42)24-40(26(3)4)16-15-17-41(27(5)6)25-31-21-33(37(10,11)12)19-29(35(31)43)23-39-14-2/h18-23,26-27,42-43H,13-17,24-25H2,1-12H3. The maximum Gasteiger partial charge on any atom is 0.128 e. The monoisotopic (exact) mass is 592 g/mol. The Hall–Kier alpha value is -2.70. The van der Waals surface area contributed by atoms with Crippen LogP contribution in [0.2, 0.25) is 0 Å². The summed E-state index contributed by atoms with van der Waals surface area (Å²) in [7, 11) is 0. The van der Waals surface area contributed by atoms with Crippen LogP contribution in [-0.4, -0.2) is 70.7 Å². The van der Waals surface area contributed by atoms with Crippen molar-refractivity contribution in [2.24, 2.45) is 9.98 Å². The van der Waals surface area contributed by atoms with E-state index in [-0.39, 0.29) is 10.8 Å². The van der Waals surface area contributed by atoms with Gasteiger partial charge in [-0.2, -0.15) is 0 Å². The van der Waals surface area contributed by atoms with Crippen molar-refractivity contribution in [1.29, 1.82) is 0 Å². The van der Waals surface area contributed by atoms with Crippen molar-refractivity contribution in [3.63, 3.8) is 0 Å². The molecule has 2 aromatic rings. The van der Waals surface area contributed by atoms with Crippen LogP contribution in [-0.2, 0) is 23.9 Å². The minimum atomic E-state index is -0.0320. The highest BCUT2D eigenvalue weighted by atomic mass is 16.3. The highest BCUT2D eigenvalue weighted by molar-refractivity contribution is 5.85. The third-order valence-electron chi connectivity index (χ3n) is 8.09. The van der Waals surface area contributed by atoms with Crippen LogP contribution in [0.15, 0.2) is 34.3 Å². The lowest BCUT2D eigenvalue weighted by atomic mass is 9.84. The van der Waals surface area contributed by atoms with Crippen LogP contribution in [0.3, 0.4) is 0 Å². The molecule has 0 saturated carbocycles. The molecule has 43 heavy (non-hydrogen) atoms. The molecule has 0 fully saturated rings. The summed E-state index contributed by atoms with van der Waals surface area (Å²) in [4.78, 5) is 13.7. The molecule has 0 aliphatic carbocycles. The van der Waals surface area contributed by atoms with E-state index in [4.69, 9.17) is 0 Å². The lowest BCUT2D eigenvalue weighted by Gasteiger charge is -2.31. The summed E-state index contributed by atoms with van der Waals surface area (Å²) in [6.45, 7) is 30.7. The van der Waals surface area contributed by atoms with E-state index in [2.05, 4.69) is 113 Å². The molecule has 0 spiro atoms. The van der Waals surface area contributed by atoms with Gasteiger partial charge < -0.3 is 10.2 Å². The molecule has 2 aromatic carbocycles. The first kappa shape index (κ1) is 36.5. The van der Waals surface area contributed by atoms with E-state index in [9.17, 15) is 10.2 Å². The minimum absolute atomic E-state index is 0.0320. The van der Waals surface area contributed by atoms with Crippen LogP contribution in [0.1, 0.15) is 123 Å². The fourth-order valence-electron chi connectivity index (χ4n) is 5.08. The first-order valence-corrected chi connectivity index (χ1v) is 16.2. The second kappa shape index (κ2) is 15.9. The summed E-state index contributed by atoms with van der Waals surface area (Å²) in [5.74, 6) is 0.660. The Morgan fingerprint density at radius 3 is 1.28 bits per heavy atom. The van der Waals surface area contributed by atoms with Crippen molar-refractivity contribution in [2.75, 3.05) is 26.2 Å². The van der Waals surface area contributed by atoms with Gasteiger partial charge in [0.2, 0.25) is 0 Å². The number of benzene rings is 2. The average molecular weight is 593 g/mol. The molecule has 2 rings (SSSR count). The molecule has 0 aromatic heterocycles.